The number of benzene rings is 1. The van der Waals surface area contributed by atoms with E-state index in [1.54, 1.807) is 0 Å². The molecule has 106 valence electrons. The molecular weight excluding hydrogens is 256 g/mol. The molecule has 20 heavy (non-hydrogen) atoms. The molecule has 2 amide bonds. The van der Waals surface area contributed by atoms with E-state index in [-0.39, 0.29) is 6.54 Å². The van der Waals surface area contributed by atoms with E-state index >= 15 is 0 Å². The summed E-state index contributed by atoms with van der Waals surface area (Å²) in [5.41, 5.74) is 4.04. The van der Waals surface area contributed by atoms with Crippen LogP contribution in [0.15, 0.2) is 42.0 Å². The molecule has 0 heterocycles. The number of carbonyl (C=O) groups is 2. The molecule has 6 heteroatoms. The molecule has 1 aromatic rings. The molecule has 0 radical (unpaired) electrons. The molecule has 0 fully saturated rings. The summed E-state index contributed by atoms with van der Waals surface area (Å²) in [7, 11) is 3.90. The first kappa shape index (κ1) is 15.4. The van der Waals surface area contributed by atoms with Gasteiger partial charge in [0.15, 0.2) is 0 Å². The van der Waals surface area contributed by atoms with Gasteiger partial charge >= 0.3 is 11.8 Å². The zero-order valence-corrected chi connectivity index (χ0v) is 11.6. The first-order chi connectivity index (χ1) is 9.54. The number of amides is 2. The second kappa shape index (κ2) is 7.73. The summed E-state index contributed by atoms with van der Waals surface area (Å²) < 4.78 is 0. The maximum Gasteiger partial charge on any atom is 0.329 e. The summed E-state index contributed by atoms with van der Waals surface area (Å²) in [4.78, 5) is 24.5. The van der Waals surface area contributed by atoms with Crippen LogP contribution >= 0.6 is 0 Å². The van der Waals surface area contributed by atoms with Crippen LogP contribution in [-0.2, 0) is 9.59 Å². The van der Waals surface area contributed by atoms with E-state index in [0.717, 1.165) is 11.3 Å². The van der Waals surface area contributed by atoms with Gasteiger partial charge in [-0.1, -0.05) is 18.2 Å². The fraction of sp³-hybridized carbons (Fsp3) is 0.214. The molecule has 0 unspecified atom stereocenters. The second-order valence-electron chi connectivity index (χ2n) is 4.18. The van der Waals surface area contributed by atoms with E-state index in [9.17, 15) is 9.59 Å². The van der Waals surface area contributed by atoms with Gasteiger partial charge in [-0.05, 0) is 17.7 Å². The third-order valence-electron chi connectivity index (χ3n) is 2.40. The number of nitrogens with zero attached hydrogens (tertiary/aromatic N) is 2. The van der Waals surface area contributed by atoms with Crippen LogP contribution in [0.25, 0.3) is 0 Å². The first-order valence-corrected chi connectivity index (χ1v) is 6.04. The average Bonchev–Trinajstić information content (AvgIpc) is 2.45. The summed E-state index contributed by atoms with van der Waals surface area (Å²) in [6, 6.07) is 7.59. The Bertz CT molecular complexity index is 506. The molecule has 0 aliphatic heterocycles. The zero-order valence-electron chi connectivity index (χ0n) is 11.6. The van der Waals surface area contributed by atoms with E-state index in [1.807, 2.05) is 43.3 Å². The summed E-state index contributed by atoms with van der Waals surface area (Å²) in [6.45, 7) is 3.67. The molecule has 0 bridgehead atoms. The Morgan fingerprint density at radius 3 is 2.45 bits per heavy atom. The number of anilines is 1. The first-order valence-electron chi connectivity index (χ1n) is 6.04. The Morgan fingerprint density at radius 1 is 1.25 bits per heavy atom. The smallest absolute Gasteiger partial charge is 0.329 e. The molecule has 1 aromatic carbocycles. The molecule has 2 N–H and O–H groups in total. The van der Waals surface area contributed by atoms with Crippen LogP contribution in [0, 0.1) is 0 Å². The highest BCUT2D eigenvalue weighted by atomic mass is 16.2. The Morgan fingerprint density at radius 2 is 1.90 bits per heavy atom. The maximum atomic E-state index is 11.3. The van der Waals surface area contributed by atoms with Crippen LogP contribution in [-0.4, -0.2) is 38.7 Å². The minimum atomic E-state index is -0.812. The summed E-state index contributed by atoms with van der Waals surface area (Å²) in [5, 5.41) is 6.07. The van der Waals surface area contributed by atoms with E-state index in [0.29, 0.717) is 0 Å². The Balaban J connectivity index is 2.50. The van der Waals surface area contributed by atoms with Crippen LogP contribution in [0.3, 0.4) is 0 Å². The van der Waals surface area contributed by atoms with Gasteiger partial charge in [-0.15, -0.1) is 6.58 Å². The average molecular weight is 274 g/mol. The van der Waals surface area contributed by atoms with Crippen molar-refractivity contribution in [2.45, 2.75) is 0 Å². The van der Waals surface area contributed by atoms with Crippen LogP contribution in [0.5, 0.6) is 0 Å². The van der Waals surface area contributed by atoms with Crippen molar-refractivity contribution in [3.8, 4) is 0 Å². The molecule has 0 aliphatic carbocycles. The lowest BCUT2D eigenvalue weighted by Crippen LogP contribution is -2.37. The van der Waals surface area contributed by atoms with Gasteiger partial charge in [-0.3, -0.25) is 9.59 Å². The van der Waals surface area contributed by atoms with Crippen LogP contribution in [0.2, 0.25) is 0 Å². The van der Waals surface area contributed by atoms with Crippen molar-refractivity contribution >= 4 is 23.7 Å². The van der Waals surface area contributed by atoms with Gasteiger partial charge in [0.2, 0.25) is 0 Å². The largest absolute Gasteiger partial charge is 0.378 e. The van der Waals surface area contributed by atoms with Crippen LogP contribution in [0.4, 0.5) is 5.69 Å². The number of nitrogens with one attached hydrogen (secondary N) is 2. The number of hydrogen-bond acceptors (Lipinski definition) is 4. The number of rotatable bonds is 5. The molecule has 0 atom stereocenters. The highest BCUT2D eigenvalue weighted by molar-refractivity contribution is 6.35. The molecular formula is C14H18N4O2. The standard InChI is InChI=1S/C14H18N4O2/c1-4-9-15-13(19)14(20)17-16-10-11-5-7-12(8-6-11)18(2)3/h4-8,10H,1,9H2,2-3H3,(H,15,19)(H,17,20)/b16-10-. The fourth-order valence-corrected chi connectivity index (χ4v) is 1.32. The van der Waals surface area contributed by atoms with Crippen LogP contribution in [0.1, 0.15) is 5.56 Å². The van der Waals surface area contributed by atoms with Gasteiger partial charge in [0.25, 0.3) is 0 Å². The monoisotopic (exact) mass is 274 g/mol. The summed E-state index contributed by atoms with van der Waals surface area (Å²) in [5.74, 6) is -1.56. The Hall–Kier alpha value is -2.63. The number of carbonyl (C=O) groups excluding carboxylic acids is 2. The van der Waals surface area contributed by atoms with E-state index in [4.69, 9.17) is 0 Å². The lowest BCUT2D eigenvalue weighted by molar-refractivity contribution is -0.139. The molecule has 0 saturated heterocycles. The van der Waals surface area contributed by atoms with Crippen molar-refractivity contribution in [3.63, 3.8) is 0 Å². The van der Waals surface area contributed by atoms with Crippen molar-refractivity contribution in [1.82, 2.24) is 10.7 Å². The molecule has 0 aliphatic rings. The van der Waals surface area contributed by atoms with Gasteiger partial charge in [-0.2, -0.15) is 5.10 Å². The predicted octanol–water partition coefficient (Wildman–Crippen LogP) is 0.505. The topological polar surface area (TPSA) is 73.8 Å². The van der Waals surface area contributed by atoms with Gasteiger partial charge in [-0.25, -0.2) is 5.43 Å². The normalized spacial score (nSPS) is 10.1. The summed E-state index contributed by atoms with van der Waals surface area (Å²) in [6.07, 6.45) is 2.96. The zero-order chi connectivity index (χ0) is 15.0. The quantitative estimate of drug-likeness (QED) is 0.355. The van der Waals surface area contributed by atoms with Crippen molar-refractivity contribution < 1.29 is 9.59 Å². The fourth-order valence-electron chi connectivity index (χ4n) is 1.32. The van der Waals surface area contributed by atoms with Gasteiger partial charge in [0.1, 0.15) is 0 Å². The number of hydrogen-bond donors (Lipinski definition) is 2. The summed E-state index contributed by atoms with van der Waals surface area (Å²) >= 11 is 0. The van der Waals surface area contributed by atoms with Crippen molar-refractivity contribution in [1.29, 1.82) is 0 Å². The third-order valence-corrected chi connectivity index (χ3v) is 2.40. The molecule has 6 nitrogen and oxygen atoms in total. The SMILES string of the molecule is C=CCNC(=O)C(=O)N/N=C\c1ccc(N(C)C)cc1. The van der Waals surface area contributed by atoms with Gasteiger partial charge < -0.3 is 10.2 Å². The van der Waals surface area contributed by atoms with Gasteiger partial charge in [0.05, 0.1) is 6.21 Å². The molecule has 0 aromatic heterocycles. The van der Waals surface area contributed by atoms with E-state index < -0.39 is 11.8 Å². The van der Waals surface area contributed by atoms with E-state index in [2.05, 4.69) is 22.4 Å². The molecule has 0 saturated carbocycles. The Labute approximate surface area is 118 Å². The lowest BCUT2D eigenvalue weighted by atomic mass is 10.2. The minimum absolute atomic E-state index is 0.238. The van der Waals surface area contributed by atoms with Crippen molar-refractivity contribution in [2.75, 3.05) is 25.5 Å². The highest BCUT2D eigenvalue weighted by Crippen LogP contribution is 2.10. The Kier molecular flexibility index (Phi) is 5.96. The third kappa shape index (κ3) is 4.93. The molecule has 1 rings (SSSR count). The van der Waals surface area contributed by atoms with Crippen molar-refractivity contribution in [3.05, 3.63) is 42.5 Å². The van der Waals surface area contributed by atoms with Crippen LogP contribution < -0.4 is 15.6 Å². The lowest BCUT2D eigenvalue weighted by Gasteiger charge is -2.11. The molecule has 0 spiro atoms. The number of hydrazone groups is 1. The van der Waals surface area contributed by atoms with Gasteiger partial charge in [0, 0.05) is 26.3 Å². The second-order valence-corrected chi connectivity index (χ2v) is 4.18. The maximum absolute atomic E-state index is 11.3. The highest BCUT2D eigenvalue weighted by Gasteiger charge is 2.10. The van der Waals surface area contributed by atoms with Crippen molar-refractivity contribution in [2.24, 2.45) is 5.10 Å². The van der Waals surface area contributed by atoms with E-state index in [1.165, 1.54) is 12.3 Å². The minimum Gasteiger partial charge on any atom is -0.378 e. The predicted molar refractivity (Wildman–Crippen MR) is 79.7 cm³/mol.